The van der Waals surface area contributed by atoms with Crippen LogP contribution in [0.5, 0.6) is 5.75 Å². The van der Waals surface area contributed by atoms with Crippen LogP contribution in [0.1, 0.15) is 5.56 Å². The van der Waals surface area contributed by atoms with Crippen molar-refractivity contribution >= 4 is 9.84 Å². The van der Waals surface area contributed by atoms with Gasteiger partial charge in [0.25, 0.3) is 0 Å². The van der Waals surface area contributed by atoms with Crippen molar-refractivity contribution in [2.24, 2.45) is 0 Å². The molecular formula is C9H10O3S. The van der Waals surface area contributed by atoms with Gasteiger partial charge in [-0.3, -0.25) is 0 Å². The quantitative estimate of drug-likeness (QED) is 0.676. The van der Waals surface area contributed by atoms with Gasteiger partial charge in [0.05, 0.1) is 17.8 Å². The van der Waals surface area contributed by atoms with Crippen molar-refractivity contribution in [3.05, 3.63) is 23.8 Å². The molecule has 0 aromatic heterocycles. The van der Waals surface area contributed by atoms with Gasteiger partial charge in [0.15, 0.2) is 9.84 Å². The van der Waals surface area contributed by atoms with Gasteiger partial charge in [-0.05, 0) is 30.2 Å². The lowest BCUT2D eigenvalue weighted by Crippen LogP contribution is -1.98. The third-order valence-electron chi connectivity index (χ3n) is 2.24. The van der Waals surface area contributed by atoms with E-state index in [0.29, 0.717) is 11.3 Å². The van der Waals surface area contributed by atoms with Gasteiger partial charge in [0, 0.05) is 0 Å². The third kappa shape index (κ3) is 1.31. The van der Waals surface area contributed by atoms with Crippen LogP contribution in [0.2, 0.25) is 0 Å². The molecule has 2 rings (SSSR count). The first-order valence-electron chi connectivity index (χ1n) is 4.03. The van der Waals surface area contributed by atoms with E-state index in [1.807, 2.05) is 0 Å². The minimum Gasteiger partial charge on any atom is -0.497 e. The van der Waals surface area contributed by atoms with E-state index >= 15 is 0 Å². The summed E-state index contributed by atoms with van der Waals surface area (Å²) in [6.45, 7) is 0. The van der Waals surface area contributed by atoms with E-state index in [1.54, 1.807) is 25.3 Å². The molecule has 0 spiro atoms. The van der Waals surface area contributed by atoms with Crippen molar-refractivity contribution in [2.75, 3.05) is 12.9 Å². The summed E-state index contributed by atoms with van der Waals surface area (Å²) in [5.41, 5.74) is 0.874. The van der Waals surface area contributed by atoms with E-state index < -0.39 is 9.84 Å². The molecule has 0 unspecified atom stereocenters. The van der Waals surface area contributed by atoms with E-state index in [4.69, 9.17) is 4.74 Å². The second-order valence-corrected chi connectivity index (χ2v) is 5.12. The standard InChI is InChI=1S/C9H10O3S/c1-12-8-2-3-9-7(6-8)4-5-13(9,10)11/h2-3,6H,4-5H2,1H3. The highest BCUT2D eigenvalue weighted by Crippen LogP contribution is 2.28. The number of rotatable bonds is 1. The average Bonchev–Trinajstić information content (AvgIpc) is 2.42. The Labute approximate surface area is 77.3 Å². The summed E-state index contributed by atoms with van der Waals surface area (Å²) in [6.07, 6.45) is 0.606. The molecule has 4 heteroatoms. The van der Waals surface area contributed by atoms with Crippen LogP contribution in [0.3, 0.4) is 0 Å². The number of sulfone groups is 1. The molecule has 1 aromatic rings. The fourth-order valence-electron chi connectivity index (χ4n) is 1.54. The van der Waals surface area contributed by atoms with E-state index in [9.17, 15) is 8.42 Å². The number of aryl methyl sites for hydroxylation is 1. The van der Waals surface area contributed by atoms with Crippen molar-refractivity contribution in [3.63, 3.8) is 0 Å². The highest BCUT2D eigenvalue weighted by atomic mass is 32.2. The lowest BCUT2D eigenvalue weighted by atomic mass is 10.2. The Morgan fingerprint density at radius 1 is 1.38 bits per heavy atom. The lowest BCUT2D eigenvalue weighted by molar-refractivity contribution is 0.414. The van der Waals surface area contributed by atoms with Crippen LogP contribution in [0.4, 0.5) is 0 Å². The number of benzene rings is 1. The predicted octanol–water partition coefficient (Wildman–Crippen LogP) is 1.02. The molecule has 1 aromatic carbocycles. The molecule has 70 valence electrons. The van der Waals surface area contributed by atoms with Crippen LogP contribution >= 0.6 is 0 Å². The van der Waals surface area contributed by atoms with Gasteiger partial charge in [-0.25, -0.2) is 8.42 Å². The highest BCUT2D eigenvalue weighted by molar-refractivity contribution is 7.91. The Bertz CT molecular complexity index is 434. The lowest BCUT2D eigenvalue weighted by Gasteiger charge is -2.01. The third-order valence-corrected chi connectivity index (χ3v) is 4.05. The number of hydrogen-bond donors (Lipinski definition) is 0. The fourth-order valence-corrected chi connectivity index (χ4v) is 3.08. The first kappa shape index (κ1) is 8.56. The van der Waals surface area contributed by atoms with Gasteiger partial charge in [-0.2, -0.15) is 0 Å². The van der Waals surface area contributed by atoms with Gasteiger partial charge in [0.2, 0.25) is 0 Å². The van der Waals surface area contributed by atoms with Crippen LogP contribution in [0.25, 0.3) is 0 Å². The summed E-state index contributed by atoms with van der Waals surface area (Å²) in [6, 6.07) is 5.10. The first-order chi connectivity index (χ1) is 6.13. The van der Waals surface area contributed by atoms with E-state index in [1.165, 1.54) is 0 Å². The molecule has 0 fully saturated rings. The normalized spacial score (nSPS) is 18.2. The Morgan fingerprint density at radius 2 is 2.15 bits per heavy atom. The van der Waals surface area contributed by atoms with Gasteiger partial charge < -0.3 is 4.74 Å². The maximum Gasteiger partial charge on any atom is 0.178 e. The van der Waals surface area contributed by atoms with E-state index in [-0.39, 0.29) is 5.75 Å². The summed E-state index contributed by atoms with van der Waals surface area (Å²) < 4.78 is 27.8. The largest absolute Gasteiger partial charge is 0.497 e. The predicted molar refractivity (Wildman–Crippen MR) is 48.8 cm³/mol. The van der Waals surface area contributed by atoms with Crippen LogP contribution < -0.4 is 4.74 Å². The molecule has 0 aliphatic carbocycles. The van der Waals surface area contributed by atoms with Gasteiger partial charge in [-0.1, -0.05) is 0 Å². The zero-order chi connectivity index (χ0) is 9.47. The number of hydrogen-bond acceptors (Lipinski definition) is 3. The molecule has 0 radical (unpaired) electrons. The van der Waals surface area contributed by atoms with E-state index in [0.717, 1.165) is 11.3 Å². The number of fused-ring (bicyclic) bond motifs is 1. The molecule has 1 heterocycles. The molecule has 1 aliphatic rings. The van der Waals surface area contributed by atoms with Gasteiger partial charge >= 0.3 is 0 Å². The Kier molecular flexibility index (Phi) is 1.80. The molecule has 3 nitrogen and oxygen atoms in total. The number of methoxy groups -OCH3 is 1. The second kappa shape index (κ2) is 2.73. The van der Waals surface area contributed by atoms with Crippen molar-refractivity contribution in [1.82, 2.24) is 0 Å². The van der Waals surface area contributed by atoms with Crippen molar-refractivity contribution in [3.8, 4) is 5.75 Å². The molecule has 0 amide bonds. The smallest absolute Gasteiger partial charge is 0.178 e. The van der Waals surface area contributed by atoms with Crippen LogP contribution in [-0.2, 0) is 16.3 Å². The molecule has 0 saturated carbocycles. The topological polar surface area (TPSA) is 43.4 Å². The summed E-state index contributed by atoms with van der Waals surface area (Å²) in [4.78, 5) is 0.466. The molecular weight excluding hydrogens is 188 g/mol. The highest BCUT2D eigenvalue weighted by Gasteiger charge is 2.25. The van der Waals surface area contributed by atoms with Gasteiger partial charge in [-0.15, -0.1) is 0 Å². The van der Waals surface area contributed by atoms with Crippen LogP contribution in [0, 0.1) is 0 Å². The monoisotopic (exact) mass is 198 g/mol. The zero-order valence-electron chi connectivity index (χ0n) is 7.28. The van der Waals surface area contributed by atoms with Crippen LogP contribution in [0.15, 0.2) is 23.1 Å². The van der Waals surface area contributed by atoms with Crippen molar-refractivity contribution in [1.29, 1.82) is 0 Å². The molecule has 0 atom stereocenters. The Balaban J connectivity index is 2.59. The van der Waals surface area contributed by atoms with Crippen LogP contribution in [-0.4, -0.2) is 21.3 Å². The SMILES string of the molecule is COc1ccc2c(c1)CCS2(=O)=O. The zero-order valence-corrected chi connectivity index (χ0v) is 8.10. The maximum absolute atomic E-state index is 11.4. The Hall–Kier alpha value is -1.03. The summed E-state index contributed by atoms with van der Waals surface area (Å²) in [5, 5.41) is 0. The number of ether oxygens (including phenoxy) is 1. The van der Waals surface area contributed by atoms with Gasteiger partial charge in [0.1, 0.15) is 5.75 Å². The summed E-state index contributed by atoms with van der Waals surface area (Å²) >= 11 is 0. The van der Waals surface area contributed by atoms with E-state index in [2.05, 4.69) is 0 Å². The minimum atomic E-state index is -2.99. The summed E-state index contributed by atoms with van der Waals surface area (Å²) in [5.74, 6) is 0.950. The molecule has 0 N–H and O–H groups in total. The molecule has 0 saturated heterocycles. The Morgan fingerprint density at radius 3 is 2.85 bits per heavy atom. The minimum absolute atomic E-state index is 0.232. The summed E-state index contributed by atoms with van der Waals surface area (Å²) in [7, 11) is -1.41. The molecule has 0 bridgehead atoms. The average molecular weight is 198 g/mol. The second-order valence-electron chi connectivity index (χ2n) is 3.04. The molecule has 1 aliphatic heterocycles. The maximum atomic E-state index is 11.4. The van der Waals surface area contributed by atoms with Crippen molar-refractivity contribution < 1.29 is 13.2 Å². The molecule has 13 heavy (non-hydrogen) atoms. The van der Waals surface area contributed by atoms with Crippen molar-refractivity contribution in [2.45, 2.75) is 11.3 Å². The fraction of sp³-hybridized carbons (Fsp3) is 0.333. The first-order valence-corrected chi connectivity index (χ1v) is 5.68.